The van der Waals surface area contributed by atoms with E-state index in [1.165, 1.54) is 38.9 Å². The van der Waals surface area contributed by atoms with Crippen LogP contribution in [0, 0.1) is 0 Å². The largest absolute Gasteiger partial charge is 0.0830 e. The summed E-state index contributed by atoms with van der Waals surface area (Å²) in [4.78, 5) is 0. The van der Waals surface area contributed by atoms with Gasteiger partial charge in [-0.1, -0.05) is 125 Å². The summed E-state index contributed by atoms with van der Waals surface area (Å²) in [5.41, 5.74) is 12.1. The van der Waals surface area contributed by atoms with E-state index >= 15 is 0 Å². The van der Waals surface area contributed by atoms with Crippen molar-refractivity contribution in [2.45, 2.75) is 5.41 Å². The predicted molar refractivity (Wildman–Crippen MR) is 141 cm³/mol. The Labute approximate surface area is 206 Å². The molecule has 0 aromatic heterocycles. The molecule has 2 aliphatic carbocycles. The summed E-state index contributed by atoms with van der Waals surface area (Å²) in [5.74, 6) is 0. The van der Waals surface area contributed by atoms with Crippen molar-refractivity contribution in [1.29, 1.82) is 0 Å². The summed E-state index contributed by atoms with van der Waals surface area (Å²) in [7, 11) is 0. The summed E-state index contributed by atoms with van der Waals surface area (Å²) < 4.78 is 1.06. The molecule has 0 N–H and O–H groups in total. The minimum atomic E-state index is -0.346. The van der Waals surface area contributed by atoms with E-state index in [1.807, 2.05) is 0 Å². The zero-order valence-electron chi connectivity index (χ0n) is 17.6. The van der Waals surface area contributed by atoms with E-state index in [1.54, 1.807) is 0 Å². The van der Waals surface area contributed by atoms with Gasteiger partial charge in [-0.25, -0.2) is 0 Å². The standard InChI is InChI=1S/C31H18BrCl/c32-20-15-13-19(14-16-20)21-17-18-28-29(30(21)33)24-9-3-6-12-27(24)31(28)25-10-4-1-7-22(25)23-8-2-5-11-26(23)31/h1-18H. The minimum Gasteiger partial charge on any atom is -0.0830 e. The molecule has 5 aromatic carbocycles. The first kappa shape index (κ1) is 19.3. The Bertz CT molecular complexity index is 1530. The molecule has 0 saturated carbocycles. The van der Waals surface area contributed by atoms with Gasteiger partial charge < -0.3 is 0 Å². The van der Waals surface area contributed by atoms with Crippen LogP contribution in [0.3, 0.4) is 0 Å². The van der Waals surface area contributed by atoms with Gasteiger partial charge >= 0.3 is 0 Å². The number of fused-ring (bicyclic) bond motifs is 10. The summed E-state index contributed by atoms with van der Waals surface area (Å²) in [6, 6.07) is 39.3. The fourth-order valence-corrected chi connectivity index (χ4v) is 6.63. The van der Waals surface area contributed by atoms with Crippen LogP contribution in [-0.4, -0.2) is 0 Å². The van der Waals surface area contributed by atoms with Crippen molar-refractivity contribution in [3.63, 3.8) is 0 Å². The molecule has 0 bridgehead atoms. The Morgan fingerprint density at radius 1 is 0.485 bits per heavy atom. The molecule has 2 heteroatoms. The second kappa shape index (κ2) is 6.93. The van der Waals surface area contributed by atoms with Gasteiger partial charge in [0.1, 0.15) is 0 Å². The van der Waals surface area contributed by atoms with Crippen LogP contribution in [0.5, 0.6) is 0 Å². The highest BCUT2D eigenvalue weighted by Gasteiger charge is 2.52. The van der Waals surface area contributed by atoms with Gasteiger partial charge in [-0.3, -0.25) is 0 Å². The maximum atomic E-state index is 7.26. The van der Waals surface area contributed by atoms with Crippen molar-refractivity contribution in [3.8, 4) is 33.4 Å². The molecule has 1 spiro atoms. The smallest absolute Gasteiger partial charge is 0.0726 e. The summed E-state index contributed by atoms with van der Waals surface area (Å²) >= 11 is 10.8. The lowest BCUT2D eigenvalue weighted by atomic mass is 9.70. The van der Waals surface area contributed by atoms with E-state index in [0.29, 0.717) is 0 Å². The highest BCUT2D eigenvalue weighted by molar-refractivity contribution is 9.10. The molecule has 0 heterocycles. The molecule has 0 fully saturated rings. The second-order valence-electron chi connectivity index (χ2n) is 8.74. The Morgan fingerprint density at radius 2 is 1.00 bits per heavy atom. The lowest BCUT2D eigenvalue weighted by Crippen LogP contribution is -2.25. The Hall–Kier alpha value is -3.13. The molecule has 0 radical (unpaired) electrons. The first-order valence-electron chi connectivity index (χ1n) is 11.1. The summed E-state index contributed by atoms with van der Waals surface area (Å²) in [5, 5.41) is 0.820. The van der Waals surface area contributed by atoms with Gasteiger partial charge in [0.25, 0.3) is 0 Å². The number of benzene rings is 5. The zero-order chi connectivity index (χ0) is 22.2. The van der Waals surface area contributed by atoms with Crippen LogP contribution in [0.15, 0.2) is 114 Å². The molecule has 33 heavy (non-hydrogen) atoms. The molecule has 0 saturated heterocycles. The van der Waals surface area contributed by atoms with E-state index in [0.717, 1.165) is 26.2 Å². The van der Waals surface area contributed by atoms with Crippen molar-refractivity contribution >= 4 is 27.5 Å². The summed E-state index contributed by atoms with van der Waals surface area (Å²) in [6.07, 6.45) is 0. The Kier molecular flexibility index (Phi) is 4.07. The van der Waals surface area contributed by atoms with Crippen molar-refractivity contribution < 1.29 is 0 Å². The number of hydrogen-bond acceptors (Lipinski definition) is 0. The number of halogens is 2. The molecule has 156 valence electrons. The SMILES string of the molecule is Clc1c(-c2ccc(Br)cc2)ccc2c1-c1ccccc1C21c2ccccc2-c2ccccc21. The third-order valence-corrected chi connectivity index (χ3v) is 8.18. The Balaban J connectivity index is 1.62. The molecule has 0 aliphatic heterocycles. The third-order valence-electron chi connectivity index (χ3n) is 7.25. The third kappa shape index (κ3) is 2.42. The van der Waals surface area contributed by atoms with Crippen LogP contribution in [-0.2, 0) is 5.41 Å². The van der Waals surface area contributed by atoms with Gasteiger partial charge in [-0.05, 0) is 56.6 Å². The van der Waals surface area contributed by atoms with Gasteiger partial charge in [0.05, 0.1) is 10.4 Å². The van der Waals surface area contributed by atoms with Crippen molar-refractivity contribution in [2.75, 3.05) is 0 Å². The monoisotopic (exact) mass is 504 g/mol. The van der Waals surface area contributed by atoms with Crippen LogP contribution >= 0.6 is 27.5 Å². The molecule has 0 nitrogen and oxygen atoms in total. The normalized spacial score (nSPS) is 14.0. The van der Waals surface area contributed by atoms with Crippen LogP contribution in [0.4, 0.5) is 0 Å². The Morgan fingerprint density at radius 3 is 1.61 bits per heavy atom. The minimum absolute atomic E-state index is 0.346. The number of rotatable bonds is 1. The number of hydrogen-bond donors (Lipinski definition) is 0. The lowest BCUT2D eigenvalue weighted by molar-refractivity contribution is 0.794. The second-order valence-corrected chi connectivity index (χ2v) is 10.0. The van der Waals surface area contributed by atoms with E-state index in [9.17, 15) is 0 Å². The van der Waals surface area contributed by atoms with Crippen molar-refractivity contribution in [2.24, 2.45) is 0 Å². The molecule has 0 amide bonds. The first-order valence-corrected chi connectivity index (χ1v) is 12.3. The van der Waals surface area contributed by atoms with Gasteiger partial charge in [-0.15, -0.1) is 0 Å². The molecular formula is C31H18BrCl. The molecule has 0 unspecified atom stereocenters. The lowest BCUT2D eigenvalue weighted by Gasteiger charge is -2.30. The van der Waals surface area contributed by atoms with Gasteiger partial charge in [-0.2, -0.15) is 0 Å². The first-order chi connectivity index (χ1) is 16.2. The fraction of sp³-hybridized carbons (Fsp3) is 0.0323. The van der Waals surface area contributed by atoms with Crippen molar-refractivity contribution in [3.05, 3.63) is 141 Å². The van der Waals surface area contributed by atoms with Crippen LogP contribution in [0.1, 0.15) is 22.3 Å². The van der Waals surface area contributed by atoms with E-state index < -0.39 is 0 Å². The van der Waals surface area contributed by atoms with Gasteiger partial charge in [0.2, 0.25) is 0 Å². The fourth-order valence-electron chi connectivity index (χ4n) is 5.99. The zero-order valence-corrected chi connectivity index (χ0v) is 20.0. The van der Waals surface area contributed by atoms with Crippen LogP contribution in [0.25, 0.3) is 33.4 Å². The summed E-state index contributed by atoms with van der Waals surface area (Å²) in [6.45, 7) is 0. The van der Waals surface area contributed by atoms with Gasteiger partial charge in [0.15, 0.2) is 0 Å². The molecule has 0 atom stereocenters. The highest BCUT2D eigenvalue weighted by Crippen LogP contribution is 2.64. The average molecular weight is 506 g/mol. The van der Waals surface area contributed by atoms with E-state index in [-0.39, 0.29) is 5.41 Å². The highest BCUT2D eigenvalue weighted by atomic mass is 79.9. The molecule has 2 aliphatic rings. The predicted octanol–water partition coefficient (Wildman–Crippen LogP) is 9.11. The van der Waals surface area contributed by atoms with E-state index in [2.05, 4.69) is 125 Å². The average Bonchev–Trinajstić information content (AvgIpc) is 3.33. The van der Waals surface area contributed by atoms with Gasteiger partial charge in [0, 0.05) is 15.6 Å². The van der Waals surface area contributed by atoms with Crippen molar-refractivity contribution in [1.82, 2.24) is 0 Å². The molecule has 5 aromatic rings. The van der Waals surface area contributed by atoms with Crippen LogP contribution < -0.4 is 0 Å². The molecular weight excluding hydrogens is 488 g/mol. The quantitative estimate of drug-likeness (QED) is 0.209. The van der Waals surface area contributed by atoms with E-state index in [4.69, 9.17) is 11.6 Å². The van der Waals surface area contributed by atoms with Crippen LogP contribution in [0.2, 0.25) is 5.02 Å². The maximum Gasteiger partial charge on any atom is 0.0726 e. The molecule has 7 rings (SSSR count). The maximum absolute atomic E-state index is 7.26. The topological polar surface area (TPSA) is 0 Å².